The summed E-state index contributed by atoms with van der Waals surface area (Å²) in [4.78, 5) is 5.22. The fourth-order valence-electron chi connectivity index (χ4n) is 1.46. The maximum Gasteiger partial charge on any atom is 0.214 e. The van der Waals surface area contributed by atoms with E-state index in [9.17, 15) is 0 Å². The maximum absolute atomic E-state index is 5.74. The molecule has 0 saturated heterocycles. The molecule has 0 saturated carbocycles. The highest BCUT2D eigenvalue weighted by molar-refractivity contribution is 7.15. The Morgan fingerprint density at radius 2 is 2.33 bits per heavy atom. The zero-order valence-corrected chi connectivity index (χ0v) is 8.90. The second-order valence-electron chi connectivity index (χ2n) is 3.36. The Labute approximate surface area is 89.8 Å². The number of hydrogen-bond donors (Lipinski definition) is 1. The lowest BCUT2D eigenvalue weighted by molar-refractivity contribution is 0.926. The minimum Gasteiger partial charge on any atom is -0.383 e. The summed E-state index contributed by atoms with van der Waals surface area (Å²) in [6.45, 7) is 0. The molecule has 15 heavy (non-hydrogen) atoms. The quantitative estimate of drug-likeness (QED) is 0.672. The fraction of sp³-hybridized carbons (Fsp3) is 0.111. The standard InChI is InChI=1S/C9H9N5S/c1-13-3-2-6(4-13)8-11-9-14(12-8)7(10)5-15-9/h2-5H,10H2,1H3. The Kier molecular flexibility index (Phi) is 1.60. The van der Waals surface area contributed by atoms with E-state index >= 15 is 0 Å². The zero-order chi connectivity index (χ0) is 10.4. The van der Waals surface area contributed by atoms with Crippen LogP contribution in [0.4, 0.5) is 5.82 Å². The molecule has 6 heteroatoms. The largest absolute Gasteiger partial charge is 0.383 e. The van der Waals surface area contributed by atoms with E-state index in [4.69, 9.17) is 5.73 Å². The number of nitrogen functional groups attached to an aromatic ring is 1. The second-order valence-corrected chi connectivity index (χ2v) is 4.19. The van der Waals surface area contributed by atoms with Gasteiger partial charge >= 0.3 is 0 Å². The Hall–Kier alpha value is -1.82. The van der Waals surface area contributed by atoms with Gasteiger partial charge in [0, 0.05) is 30.4 Å². The Balaban J connectivity index is 2.19. The normalized spacial score (nSPS) is 11.3. The molecule has 0 radical (unpaired) electrons. The van der Waals surface area contributed by atoms with Crippen LogP contribution in [0.5, 0.6) is 0 Å². The molecule has 3 heterocycles. The van der Waals surface area contributed by atoms with Crippen molar-refractivity contribution in [3.05, 3.63) is 23.8 Å². The van der Waals surface area contributed by atoms with Crippen LogP contribution >= 0.6 is 11.3 Å². The van der Waals surface area contributed by atoms with Crippen molar-refractivity contribution in [3.8, 4) is 11.4 Å². The van der Waals surface area contributed by atoms with Crippen molar-refractivity contribution in [1.82, 2.24) is 19.2 Å². The molecule has 5 nitrogen and oxygen atoms in total. The van der Waals surface area contributed by atoms with Crippen LogP contribution in [0.2, 0.25) is 0 Å². The van der Waals surface area contributed by atoms with Crippen LogP contribution < -0.4 is 5.73 Å². The monoisotopic (exact) mass is 219 g/mol. The number of hydrogen-bond acceptors (Lipinski definition) is 4. The van der Waals surface area contributed by atoms with E-state index in [1.165, 1.54) is 11.3 Å². The van der Waals surface area contributed by atoms with E-state index in [-0.39, 0.29) is 0 Å². The Morgan fingerprint density at radius 3 is 3.00 bits per heavy atom. The van der Waals surface area contributed by atoms with Crippen molar-refractivity contribution >= 4 is 22.1 Å². The van der Waals surface area contributed by atoms with E-state index in [0.29, 0.717) is 11.6 Å². The number of aryl methyl sites for hydroxylation is 1. The van der Waals surface area contributed by atoms with Crippen LogP contribution in [0.15, 0.2) is 23.8 Å². The predicted octanol–water partition coefficient (Wildman–Crippen LogP) is 1.38. The molecular formula is C9H9N5S. The van der Waals surface area contributed by atoms with Crippen molar-refractivity contribution in [1.29, 1.82) is 0 Å². The highest BCUT2D eigenvalue weighted by Gasteiger charge is 2.09. The highest BCUT2D eigenvalue weighted by atomic mass is 32.1. The van der Waals surface area contributed by atoms with Gasteiger partial charge < -0.3 is 10.3 Å². The molecule has 0 unspecified atom stereocenters. The molecule has 0 aliphatic heterocycles. The molecule has 0 bridgehead atoms. The van der Waals surface area contributed by atoms with E-state index in [0.717, 1.165) is 10.5 Å². The number of nitrogens with zero attached hydrogens (tertiary/aromatic N) is 4. The second kappa shape index (κ2) is 2.83. The molecule has 0 spiro atoms. The van der Waals surface area contributed by atoms with Crippen molar-refractivity contribution < 1.29 is 0 Å². The van der Waals surface area contributed by atoms with Crippen molar-refractivity contribution in [2.75, 3.05) is 5.73 Å². The number of rotatable bonds is 1. The van der Waals surface area contributed by atoms with Gasteiger partial charge in [-0.1, -0.05) is 0 Å². The lowest BCUT2D eigenvalue weighted by Crippen LogP contribution is -1.92. The third kappa shape index (κ3) is 1.22. The molecule has 3 rings (SSSR count). The third-order valence-electron chi connectivity index (χ3n) is 2.20. The molecule has 0 aromatic carbocycles. The van der Waals surface area contributed by atoms with Crippen molar-refractivity contribution in [2.45, 2.75) is 0 Å². The molecule has 76 valence electrons. The van der Waals surface area contributed by atoms with Crippen LogP contribution in [-0.2, 0) is 7.05 Å². The smallest absolute Gasteiger partial charge is 0.214 e. The van der Waals surface area contributed by atoms with Gasteiger partial charge in [0.05, 0.1) is 0 Å². The van der Waals surface area contributed by atoms with E-state index in [1.54, 1.807) is 4.52 Å². The molecule has 0 fully saturated rings. The van der Waals surface area contributed by atoms with Gasteiger partial charge in [-0.25, -0.2) is 0 Å². The first-order valence-corrected chi connectivity index (χ1v) is 5.34. The molecule has 3 aromatic rings. The first-order valence-electron chi connectivity index (χ1n) is 4.46. The maximum atomic E-state index is 5.74. The van der Waals surface area contributed by atoms with E-state index in [1.807, 2.05) is 35.5 Å². The lowest BCUT2D eigenvalue weighted by atomic mass is 10.3. The van der Waals surface area contributed by atoms with Crippen LogP contribution in [0.1, 0.15) is 0 Å². The van der Waals surface area contributed by atoms with Gasteiger partial charge in [-0.3, -0.25) is 0 Å². The number of thiazole rings is 1. The van der Waals surface area contributed by atoms with Gasteiger partial charge in [-0.15, -0.1) is 16.4 Å². The summed E-state index contributed by atoms with van der Waals surface area (Å²) in [6, 6.07) is 1.98. The third-order valence-corrected chi connectivity index (χ3v) is 3.03. The van der Waals surface area contributed by atoms with Gasteiger partial charge in [0.25, 0.3) is 0 Å². The predicted molar refractivity (Wildman–Crippen MR) is 59.7 cm³/mol. The van der Waals surface area contributed by atoms with Gasteiger partial charge in [0.15, 0.2) is 5.82 Å². The Bertz CT molecular complexity index is 617. The first-order chi connectivity index (χ1) is 7.24. The summed E-state index contributed by atoms with van der Waals surface area (Å²) in [6.07, 6.45) is 3.95. The number of anilines is 1. The molecule has 3 aromatic heterocycles. The molecule has 0 aliphatic rings. The summed E-state index contributed by atoms with van der Waals surface area (Å²) < 4.78 is 3.63. The summed E-state index contributed by atoms with van der Waals surface area (Å²) in [7, 11) is 1.97. The van der Waals surface area contributed by atoms with Crippen LogP contribution in [0, 0.1) is 0 Å². The topological polar surface area (TPSA) is 61.1 Å². The molecule has 0 aliphatic carbocycles. The van der Waals surface area contributed by atoms with Crippen molar-refractivity contribution in [3.63, 3.8) is 0 Å². The summed E-state index contributed by atoms with van der Waals surface area (Å²) in [5, 5.41) is 6.17. The van der Waals surface area contributed by atoms with Crippen LogP contribution in [-0.4, -0.2) is 19.2 Å². The summed E-state index contributed by atoms with van der Waals surface area (Å²) >= 11 is 1.49. The van der Waals surface area contributed by atoms with Gasteiger partial charge in [-0.2, -0.15) is 9.50 Å². The average Bonchev–Trinajstić information content (AvgIpc) is 2.84. The first kappa shape index (κ1) is 8.49. The van der Waals surface area contributed by atoms with Gasteiger partial charge in [0.1, 0.15) is 5.82 Å². The number of aromatic nitrogens is 4. The fourth-order valence-corrected chi connectivity index (χ4v) is 2.17. The summed E-state index contributed by atoms with van der Waals surface area (Å²) in [5.41, 5.74) is 6.75. The van der Waals surface area contributed by atoms with Crippen LogP contribution in [0.25, 0.3) is 16.3 Å². The number of nitrogens with two attached hydrogens (primary N) is 1. The van der Waals surface area contributed by atoms with E-state index < -0.39 is 0 Å². The van der Waals surface area contributed by atoms with Crippen LogP contribution in [0.3, 0.4) is 0 Å². The van der Waals surface area contributed by atoms with Gasteiger partial charge in [0.2, 0.25) is 4.96 Å². The lowest BCUT2D eigenvalue weighted by Gasteiger charge is -1.87. The van der Waals surface area contributed by atoms with Crippen molar-refractivity contribution in [2.24, 2.45) is 7.05 Å². The zero-order valence-electron chi connectivity index (χ0n) is 8.08. The SMILES string of the molecule is Cn1ccc(-c2nc3scc(N)n3n2)c1. The minimum absolute atomic E-state index is 0.629. The molecular weight excluding hydrogens is 210 g/mol. The highest BCUT2D eigenvalue weighted by Crippen LogP contribution is 2.21. The Morgan fingerprint density at radius 1 is 1.47 bits per heavy atom. The minimum atomic E-state index is 0.629. The van der Waals surface area contributed by atoms with Gasteiger partial charge in [-0.05, 0) is 6.07 Å². The molecule has 2 N–H and O–H groups in total. The molecule has 0 atom stereocenters. The number of fused-ring (bicyclic) bond motifs is 1. The summed E-state index contributed by atoms with van der Waals surface area (Å²) in [5.74, 6) is 1.35. The van der Waals surface area contributed by atoms with E-state index in [2.05, 4.69) is 10.1 Å². The molecule has 0 amide bonds. The average molecular weight is 219 g/mol.